The predicted octanol–water partition coefficient (Wildman–Crippen LogP) is 2.71. The van der Waals surface area contributed by atoms with Gasteiger partial charge in [0.25, 0.3) is 0 Å². The van der Waals surface area contributed by atoms with Gasteiger partial charge < -0.3 is 5.32 Å². The highest BCUT2D eigenvalue weighted by Gasteiger charge is 2.05. The van der Waals surface area contributed by atoms with Gasteiger partial charge in [-0.25, -0.2) is 8.78 Å². The maximum atomic E-state index is 13.2. The Morgan fingerprint density at radius 3 is 2.71 bits per heavy atom. The highest BCUT2D eigenvalue weighted by Crippen LogP contribution is 2.18. The summed E-state index contributed by atoms with van der Waals surface area (Å²) < 4.78 is 26.2. The molecular weight excluding hydrogens is 184 g/mol. The summed E-state index contributed by atoms with van der Waals surface area (Å²) in [6, 6.07) is 2.30. The summed E-state index contributed by atoms with van der Waals surface area (Å²) in [5.74, 6) is 1.53. The molecule has 0 saturated heterocycles. The lowest BCUT2D eigenvalue weighted by atomic mass is 10.2. The van der Waals surface area contributed by atoms with Crippen molar-refractivity contribution in [3.8, 4) is 12.3 Å². The Labute approximate surface area is 82.1 Å². The van der Waals surface area contributed by atoms with Gasteiger partial charge >= 0.3 is 0 Å². The molecular formula is C11H11F2N. The average Bonchev–Trinajstić information content (AvgIpc) is 2.14. The maximum Gasteiger partial charge on any atom is 0.146 e. The van der Waals surface area contributed by atoms with Crippen LogP contribution in [0.1, 0.15) is 12.0 Å². The number of aryl methyl sites for hydroxylation is 1. The fourth-order valence-corrected chi connectivity index (χ4v) is 1.05. The SMILES string of the molecule is C#CCCNc1cc(F)c(C)cc1F. The third-order valence-electron chi connectivity index (χ3n) is 1.83. The maximum absolute atomic E-state index is 13.2. The minimum absolute atomic E-state index is 0.156. The van der Waals surface area contributed by atoms with E-state index in [0.29, 0.717) is 18.5 Å². The number of terminal acetylenes is 1. The van der Waals surface area contributed by atoms with Gasteiger partial charge in [0.15, 0.2) is 0 Å². The molecule has 1 N–H and O–H groups in total. The van der Waals surface area contributed by atoms with Crippen molar-refractivity contribution in [2.45, 2.75) is 13.3 Å². The number of hydrogen-bond donors (Lipinski definition) is 1. The fourth-order valence-electron chi connectivity index (χ4n) is 1.05. The first-order valence-electron chi connectivity index (χ1n) is 4.28. The topological polar surface area (TPSA) is 12.0 Å². The third kappa shape index (κ3) is 2.46. The van der Waals surface area contributed by atoms with Crippen molar-refractivity contribution in [1.82, 2.24) is 0 Å². The minimum atomic E-state index is -0.457. The normalized spacial score (nSPS) is 9.57. The highest BCUT2D eigenvalue weighted by molar-refractivity contribution is 5.46. The van der Waals surface area contributed by atoms with Gasteiger partial charge in [0.05, 0.1) is 5.69 Å². The Hall–Kier alpha value is -1.56. The van der Waals surface area contributed by atoms with E-state index in [1.807, 2.05) is 0 Å². The zero-order valence-electron chi connectivity index (χ0n) is 7.90. The minimum Gasteiger partial charge on any atom is -0.382 e. The molecule has 1 rings (SSSR count). The first kappa shape index (κ1) is 10.5. The van der Waals surface area contributed by atoms with Gasteiger partial charge in [0, 0.05) is 19.0 Å². The smallest absolute Gasteiger partial charge is 0.146 e. The third-order valence-corrected chi connectivity index (χ3v) is 1.83. The Kier molecular flexibility index (Phi) is 3.47. The number of hydrogen-bond acceptors (Lipinski definition) is 1. The van der Waals surface area contributed by atoms with Gasteiger partial charge in [-0.15, -0.1) is 12.3 Å². The van der Waals surface area contributed by atoms with Crippen LogP contribution < -0.4 is 5.32 Å². The molecule has 0 bridgehead atoms. The molecule has 0 aromatic heterocycles. The number of nitrogens with one attached hydrogen (secondary N) is 1. The van der Waals surface area contributed by atoms with Gasteiger partial charge in [0.2, 0.25) is 0 Å². The van der Waals surface area contributed by atoms with Gasteiger partial charge in [-0.2, -0.15) is 0 Å². The second kappa shape index (κ2) is 4.61. The number of benzene rings is 1. The van der Waals surface area contributed by atoms with E-state index in [4.69, 9.17) is 6.42 Å². The molecule has 0 unspecified atom stereocenters. The lowest BCUT2D eigenvalue weighted by Gasteiger charge is -2.07. The van der Waals surface area contributed by atoms with Crippen LogP contribution in [0.4, 0.5) is 14.5 Å². The Bertz CT molecular complexity index is 366. The number of rotatable bonds is 3. The Morgan fingerprint density at radius 2 is 2.07 bits per heavy atom. The van der Waals surface area contributed by atoms with E-state index in [-0.39, 0.29) is 5.69 Å². The van der Waals surface area contributed by atoms with E-state index in [0.717, 1.165) is 12.1 Å². The molecule has 0 aliphatic rings. The van der Waals surface area contributed by atoms with Crippen LogP contribution in [-0.4, -0.2) is 6.54 Å². The standard InChI is InChI=1S/C11H11F2N/c1-3-4-5-14-11-7-9(12)8(2)6-10(11)13/h1,6-7,14H,4-5H2,2H3. The summed E-state index contributed by atoms with van der Waals surface area (Å²) in [6.07, 6.45) is 5.51. The van der Waals surface area contributed by atoms with E-state index in [1.165, 1.54) is 6.92 Å². The molecule has 0 aliphatic heterocycles. The zero-order valence-corrected chi connectivity index (χ0v) is 7.90. The molecule has 0 amide bonds. The first-order chi connectivity index (χ1) is 6.65. The molecule has 1 aromatic carbocycles. The summed E-state index contributed by atoms with van der Waals surface area (Å²) >= 11 is 0. The Morgan fingerprint density at radius 1 is 1.36 bits per heavy atom. The first-order valence-corrected chi connectivity index (χ1v) is 4.28. The molecule has 0 fully saturated rings. The fraction of sp³-hybridized carbons (Fsp3) is 0.273. The van der Waals surface area contributed by atoms with Crippen molar-refractivity contribution in [3.05, 3.63) is 29.3 Å². The van der Waals surface area contributed by atoms with Crippen LogP contribution in [0.2, 0.25) is 0 Å². The van der Waals surface area contributed by atoms with E-state index in [2.05, 4.69) is 11.2 Å². The second-order valence-corrected chi connectivity index (χ2v) is 2.96. The molecule has 0 radical (unpaired) electrons. The van der Waals surface area contributed by atoms with Gasteiger partial charge in [-0.1, -0.05) is 0 Å². The van der Waals surface area contributed by atoms with E-state index in [9.17, 15) is 8.78 Å². The molecule has 0 heterocycles. The van der Waals surface area contributed by atoms with Gasteiger partial charge in [-0.3, -0.25) is 0 Å². The zero-order chi connectivity index (χ0) is 10.6. The molecule has 0 spiro atoms. The molecule has 0 atom stereocenters. The van der Waals surface area contributed by atoms with Crippen molar-refractivity contribution in [3.63, 3.8) is 0 Å². The Balaban J connectivity index is 2.78. The molecule has 14 heavy (non-hydrogen) atoms. The average molecular weight is 195 g/mol. The monoisotopic (exact) mass is 195 g/mol. The van der Waals surface area contributed by atoms with Crippen LogP contribution in [0.5, 0.6) is 0 Å². The van der Waals surface area contributed by atoms with Crippen molar-refractivity contribution in [2.75, 3.05) is 11.9 Å². The van der Waals surface area contributed by atoms with Crippen LogP contribution in [0.3, 0.4) is 0 Å². The summed E-state index contributed by atoms with van der Waals surface area (Å²) in [4.78, 5) is 0. The lowest BCUT2D eigenvalue weighted by molar-refractivity contribution is 0.594. The van der Waals surface area contributed by atoms with E-state index in [1.54, 1.807) is 0 Å². The largest absolute Gasteiger partial charge is 0.382 e. The van der Waals surface area contributed by atoms with Gasteiger partial charge in [0.1, 0.15) is 11.6 Å². The molecule has 0 saturated carbocycles. The summed E-state index contributed by atoms with van der Waals surface area (Å²) in [5.41, 5.74) is 0.452. The van der Waals surface area contributed by atoms with Crippen LogP contribution >= 0.6 is 0 Å². The molecule has 1 aromatic rings. The van der Waals surface area contributed by atoms with Crippen LogP contribution in [0.15, 0.2) is 12.1 Å². The van der Waals surface area contributed by atoms with E-state index < -0.39 is 11.6 Å². The van der Waals surface area contributed by atoms with Crippen LogP contribution in [-0.2, 0) is 0 Å². The summed E-state index contributed by atoms with van der Waals surface area (Å²) in [7, 11) is 0. The predicted molar refractivity (Wildman–Crippen MR) is 53.0 cm³/mol. The van der Waals surface area contributed by atoms with Gasteiger partial charge in [-0.05, 0) is 18.6 Å². The number of anilines is 1. The van der Waals surface area contributed by atoms with Crippen LogP contribution in [0, 0.1) is 30.9 Å². The summed E-state index contributed by atoms with van der Waals surface area (Å²) in [5, 5.41) is 2.72. The molecule has 1 nitrogen and oxygen atoms in total. The quantitative estimate of drug-likeness (QED) is 0.577. The molecule has 0 aliphatic carbocycles. The lowest BCUT2D eigenvalue weighted by Crippen LogP contribution is -2.03. The van der Waals surface area contributed by atoms with Crippen LogP contribution in [0.25, 0.3) is 0 Å². The molecule has 3 heteroatoms. The van der Waals surface area contributed by atoms with E-state index >= 15 is 0 Å². The van der Waals surface area contributed by atoms with Crippen molar-refractivity contribution < 1.29 is 8.78 Å². The summed E-state index contributed by atoms with van der Waals surface area (Å²) in [6.45, 7) is 1.96. The highest BCUT2D eigenvalue weighted by atomic mass is 19.1. The number of halogens is 2. The van der Waals surface area contributed by atoms with Crippen molar-refractivity contribution in [1.29, 1.82) is 0 Å². The molecule has 74 valence electrons. The van der Waals surface area contributed by atoms with Crippen molar-refractivity contribution in [2.24, 2.45) is 0 Å². The van der Waals surface area contributed by atoms with Crippen molar-refractivity contribution >= 4 is 5.69 Å². The second-order valence-electron chi connectivity index (χ2n) is 2.96.